The molecular formula is C25H22N2O3. The molecule has 1 aliphatic carbocycles. The molecule has 1 heterocycles. The molecule has 5 heteroatoms. The lowest BCUT2D eigenvalue weighted by molar-refractivity contribution is -0.384. The maximum Gasteiger partial charge on any atom is 0.269 e. The minimum absolute atomic E-state index is 0.0576. The van der Waals surface area contributed by atoms with Crippen LogP contribution in [0.1, 0.15) is 43.9 Å². The van der Waals surface area contributed by atoms with Crippen LogP contribution < -0.4 is 5.32 Å². The van der Waals surface area contributed by atoms with Gasteiger partial charge in [-0.25, -0.2) is 0 Å². The number of nitrogens with one attached hydrogen (secondary N) is 1. The molecule has 0 fully saturated rings. The fraction of sp³-hybridized carbons (Fsp3) is 0.240. The average Bonchev–Trinajstić information content (AvgIpc) is 2.72. The number of Topliss-reactive ketones (excluding diaryl/α,β-unsaturated/α-hetero) is 1. The predicted octanol–water partition coefficient (Wildman–Crippen LogP) is 6.06. The van der Waals surface area contributed by atoms with Gasteiger partial charge in [0.2, 0.25) is 0 Å². The van der Waals surface area contributed by atoms with Crippen LogP contribution in [-0.2, 0) is 4.79 Å². The van der Waals surface area contributed by atoms with E-state index >= 15 is 0 Å². The van der Waals surface area contributed by atoms with Gasteiger partial charge in [-0.15, -0.1) is 0 Å². The van der Waals surface area contributed by atoms with E-state index in [1.54, 1.807) is 12.1 Å². The van der Waals surface area contributed by atoms with E-state index in [2.05, 4.69) is 37.4 Å². The average molecular weight is 398 g/mol. The number of benzene rings is 3. The molecule has 1 atom stereocenters. The molecule has 5 rings (SSSR count). The summed E-state index contributed by atoms with van der Waals surface area (Å²) in [6, 6.07) is 18.6. The molecule has 3 aromatic rings. The Morgan fingerprint density at radius 1 is 1.03 bits per heavy atom. The Kier molecular flexibility index (Phi) is 4.03. The summed E-state index contributed by atoms with van der Waals surface area (Å²) < 4.78 is 0. The Bertz CT molecular complexity index is 1260. The zero-order chi connectivity index (χ0) is 21.0. The van der Waals surface area contributed by atoms with E-state index in [0.717, 1.165) is 45.2 Å². The first-order valence-electron chi connectivity index (χ1n) is 10.1. The summed E-state index contributed by atoms with van der Waals surface area (Å²) in [7, 11) is 0. The molecule has 3 aromatic carbocycles. The number of hydrogen-bond acceptors (Lipinski definition) is 4. The molecule has 0 saturated carbocycles. The van der Waals surface area contributed by atoms with Gasteiger partial charge in [0.15, 0.2) is 5.78 Å². The lowest BCUT2D eigenvalue weighted by Gasteiger charge is -2.40. The lowest BCUT2D eigenvalue weighted by Crippen LogP contribution is -2.32. The molecule has 0 radical (unpaired) electrons. The standard InChI is InChI=1S/C25H22N2O3/c1-25(2)13-19-23(21(28)14-25)22-18-9-4-3-6-15(18)10-11-20(22)26-24(19)16-7-5-8-17(12-16)27(29)30/h3-12,24,26H,13-14H2,1-2H3/t24-/m1/s1. The molecular weight excluding hydrogens is 376 g/mol. The molecule has 1 aliphatic heterocycles. The van der Waals surface area contributed by atoms with E-state index in [-0.39, 0.29) is 27.9 Å². The Balaban J connectivity index is 1.78. The van der Waals surface area contributed by atoms with Crippen LogP contribution in [0, 0.1) is 15.5 Å². The molecule has 1 N–H and O–H groups in total. The van der Waals surface area contributed by atoms with Crippen molar-refractivity contribution in [2.75, 3.05) is 5.32 Å². The minimum atomic E-state index is -0.376. The van der Waals surface area contributed by atoms with Gasteiger partial charge in [-0.3, -0.25) is 14.9 Å². The van der Waals surface area contributed by atoms with Gasteiger partial charge in [0.1, 0.15) is 0 Å². The van der Waals surface area contributed by atoms with Crippen LogP contribution in [0.3, 0.4) is 0 Å². The third-order valence-electron chi connectivity index (χ3n) is 6.15. The highest BCUT2D eigenvalue weighted by molar-refractivity contribution is 6.28. The summed E-state index contributed by atoms with van der Waals surface area (Å²) in [5.41, 5.74) is 4.39. The van der Waals surface area contributed by atoms with Gasteiger partial charge in [-0.05, 0) is 39.8 Å². The highest BCUT2D eigenvalue weighted by Crippen LogP contribution is 2.51. The number of nitro benzene ring substituents is 1. The van der Waals surface area contributed by atoms with E-state index < -0.39 is 0 Å². The predicted molar refractivity (Wildman–Crippen MR) is 118 cm³/mol. The Morgan fingerprint density at radius 3 is 2.63 bits per heavy atom. The van der Waals surface area contributed by atoms with Crippen molar-refractivity contribution in [1.29, 1.82) is 0 Å². The van der Waals surface area contributed by atoms with Crippen LogP contribution in [0.5, 0.6) is 0 Å². The van der Waals surface area contributed by atoms with Gasteiger partial charge in [0.25, 0.3) is 5.69 Å². The molecule has 2 aliphatic rings. The van der Waals surface area contributed by atoms with Crippen LogP contribution in [-0.4, -0.2) is 10.7 Å². The number of nitrogens with zero attached hydrogens (tertiary/aromatic N) is 1. The second kappa shape index (κ2) is 6.52. The number of carbonyl (C=O) groups is 1. The van der Waals surface area contributed by atoms with Crippen molar-refractivity contribution in [3.05, 3.63) is 87.5 Å². The zero-order valence-corrected chi connectivity index (χ0v) is 16.9. The zero-order valence-electron chi connectivity index (χ0n) is 16.9. The van der Waals surface area contributed by atoms with Crippen LogP contribution >= 0.6 is 0 Å². The summed E-state index contributed by atoms with van der Waals surface area (Å²) in [6.07, 6.45) is 1.26. The number of hydrogen-bond donors (Lipinski definition) is 1. The van der Waals surface area contributed by atoms with Crippen molar-refractivity contribution in [3.8, 4) is 0 Å². The smallest absolute Gasteiger partial charge is 0.269 e. The van der Waals surface area contributed by atoms with E-state index in [1.807, 2.05) is 24.3 Å². The van der Waals surface area contributed by atoms with Crippen molar-refractivity contribution in [2.45, 2.75) is 32.7 Å². The summed E-state index contributed by atoms with van der Waals surface area (Å²) in [5.74, 6) is 0.149. The van der Waals surface area contributed by atoms with Gasteiger partial charge >= 0.3 is 0 Å². The van der Waals surface area contributed by atoms with E-state index in [0.29, 0.717) is 6.42 Å². The molecule has 0 saturated heterocycles. The number of rotatable bonds is 2. The molecule has 150 valence electrons. The maximum atomic E-state index is 13.4. The largest absolute Gasteiger partial charge is 0.374 e. The van der Waals surface area contributed by atoms with Crippen LogP contribution in [0.4, 0.5) is 11.4 Å². The topological polar surface area (TPSA) is 72.2 Å². The van der Waals surface area contributed by atoms with E-state index in [4.69, 9.17) is 0 Å². The normalized spacial score (nSPS) is 19.8. The third-order valence-corrected chi connectivity index (χ3v) is 6.15. The first kappa shape index (κ1) is 18.6. The minimum Gasteiger partial charge on any atom is -0.374 e. The summed E-state index contributed by atoms with van der Waals surface area (Å²) in [6.45, 7) is 4.22. The second-order valence-corrected chi connectivity index (χ2v) is 8.98. The van der Waals surface area contributed by atoms with Crippen molar-refractivity contribution < 1.29 is 9.72 Å². The number of nitro groups is 1. The molecule has 30 heavy (non-hydrogen) atoms. The number of ketones is 1. The summed E-state index contributed by atoms with van der Waals surface area (Å²) in [5, 5.41) is 17.1. The number of non-ortho nitro benzene ring substituents is 1. The van der Waals surface area contributed by atoms with Crippen molar-refractivity contribution in [1.82, 2.24) is 0 Å². The van der Waals surface area contributed by atoms with Crippen molar-refractivity contribution in [3.63, 3.8) is 0 Å². The van der Waals surface area contributed by atoms with Gasteiger partial charge in [0.05, 0.1) is 11.0 Å². The highest BCUT2D eigenvalue weighted by Gasteiger charge is 2.40. The Labute approximate surface area is 174 Å². The monoisotopic (exact) mass is 398 g/mol. The molecule has 0 bridgehead atoms. The third kappa shape index (κ3) is 2.89. The first-order chi connectivity index (χ1) is 14.3. The van der Waals surface area contributed by atoms with Crippen molar-refractivity contribution in [2.24, 2.45) is 5.41 Å². The van der Waals surface area contributed by atoms with Gasteiger partial charge in [-0.2, -0.15) is 0 Å². The number of anilines is 1. The Hall–Kier alpha value is -3.47. The summed E-state index contributed by atoms with van der Waals surface area (Å²) in [4.78, 5) is 24.4. The van der Waals surface area contributed by atoms with E-state index in [9.17, 15) is 14.9 Å². The van der Waals surface area contributed by atoms with Crippen LogP contribution in [0.25, 0.3) is 16.3 Å². The number of fused-ring (bicyclic) bond motifs is 4. The van der Waals surface area contributed by atoms with Crippen LogP contribution in [0.15, 0.2) is 66.2 Å². The second-order valence-electron chi connectivity index (χ2n) is 8.98. The number of carbonyl (C=O) groups excluding carboxylic acids is 1. The van der Waals surface area contributed by atoms with Crippen molar-refractivity contribution >= 4 is 33.5 Å². The molecule has 0 spiro atoms. The lowest BCUT2D eigenvalue weighted by atomic mass is 9.68. The van der Waals surface area contributed by atoms with Gasteiger partial charge in [-0.1, -0.05) is 56.3 Å². The molecule has 0 aromatic heterocycles. The van der Waals surface area contributed by atoms with E-state index in [1.165, 1.54) is 6.07 Å². The first-order valence-corrected chi connectivity index (χ1v) is 10.1. The SMILES string of the molecule is CC1(C)CC(=O)C2=C(C1)[C@@H](c1cccc([N+](=O)[O-])c1)Nc1ccc3ccccc3c12. The molecule has 5 nitrogen and oxygen atoms in total. The quantitative estimate of drug-likeness (QED) is 0.421. The molecule has 0 unspecified atom stereocenters. The summed E-state index contributed by atoms with van der Waals surface area (Å²) >= 11 is 0. The number of allylic oxidation sites excluding steroid dienone is 1. The maximum absolute atomic E-state index is 13.4. The van der Waals surface area contributed by atoms with Gasteiger partial charge in [0, 0.05) is 35.4 Å². The fourth-order valence-corrected chi connectivity index (χ4v) is 4.92. The van der Waals surface area contributed by atoms with Crippen LogP contribution in [0.2, 0.25) is 0 Å². The molecule has 0 amide bonds. The fourth-order valence-electron chi connectivity index (χ4n) is 4.92. The van der Waals surface area contributed by atoms with Gasteiger partial charge < -0.3 is 5.32 Å². The Morgan fingerprint density at radius 2 is 1.83 bits per heavy atom. The highest BCUT2D eigenvalue weighted by atomic mass is 16.6.